The Labute approximate surface area is 162 Å². The number of amides is 1. The number of nitrogens with zero attached hydrogens (tertiary/aromatic N) is 1. The molecule has 1 aliphatic rings. The van der Waals surface area contributed by atoms with Crippen LogP contribution in [0.15, 0.2) is 48.5 Å². The summed E-state index contributed by atoms with van der Waals surface area (Å²) in [6.45, 7) is 2.58. The molecule has 0 aromatic heterocycles. The third-order valence-electron chi connectivity index (χ3n) is 4.54. The van der Waals surface area contributed by atoms with Crippen LogP contribution in [0.3, 0.4) is 0 Å². The number of rotatable bonds is 6. The van der Waals surface area contributed by atoms with Crippen molar-refractivity contribution in [1.82, 2.24) is 5.32 Å². The minimum absolute atomic E-state index is 0.0231. The van der Waals surface area contributed by atoms with Crippen LogP contribution >= 0.6 is 0 Å². The second-order valence-electron chi connectivity index (χ2n) is 6.41. The number of nitrogens with one attached hydrogen (secondary N) is 1. The number of carbonyl (C=O) groups excluding carboxylic acids is 1. The minimum atomic E-state index is -1.01. The predicted molar refractivity (Wildman–Crippen MR) is 103 cm³/mol. The molecule has 148 valence electrons. The van der Waals surface area contributed by atoms with Gasteiger partial charge in [-0.2, -0.15) is 0 Å². The fourth-order valence-corrected chi connectivity index (χ4v) is 3.03. The molecule has 1 heterocycles. The van der Waals surface area contributed by atoms with Crippen molar-refractivity contribution in [2.24, 2.45) is 0 Å². The summed E-state index contributed by atoms with van der Waals surface area (Å²) in [7, 11) is 0. The maximum absolute atomic E-state index is 13.7. The van der Waals surface area contributed by atoms with E-state index in [1.165, 1.54) is 18.2 Å². The van der Waals surface area contributed by atoms with Gasteiger partial charge in [0.2, 0.25) is 5.91 Å². The molecule has 3 rings (SSSR count). The Bertz CT molecular complexity index is 851. The fourth-order valence-electron chi connectivity index (χ4n) is 3.03. The van der Waals surface area contributed by atoms with Gasteiger partial charge in [-0.05, 0) is 29.8 Å². The molecule has 1 amide bonds. The zero-order valence-corrected chi connectivity index (χ0v) is 15.3. The van der Waals surface area contributed by atoms with Crippen LogP contribution in [0.25, 0.3) is 6.08 Å². The first kappa shape index (κ1) is 20.0. The first-order valence-electron chi connectivity index (χ1n) is 9.04. The van der Waals surface area contributed by atoms with E-state index in [4.69, 9.17) is 4.74 Å². The van der Waals surface area contributed by atoms with Crippen LogP contribution in [0.1, 0.15) is 17.2 Å². The van der Waals surface area contributed by atoms with Gasteiger partial charge >= 0.3 is 0 Å². The highest BCUT2D eigenvalue weighted by molar-refractivity contribution is 5.92. The summed E-state index contributed by atoms with van der Waals surface area (Å²) in [5.74, 6) is -2.50. The van der Waals surface area contributed by atoms with E-state index in [1.807, 2.05) is 24.3 Å². The Morgan fingerprint density at radius 1 is 1.21 bits per heavy atom. The van der Waals surface area contributed by atoms with Gasteiger partial charge in [-0.1, -0.05) is 24.3 Å². The monoisotopic (exact) mass is 388 g/mol. The van der Waals surface area contributed by atoms with Gasteiger partial charge in [-0.25, -0.2) is 8.78 Å². The summed E-state index contributed by atoms with van der Waals surface area (Å²) >= 11 is 0. The van der Waals surface area contributed by atoms with E-state index in [1.54, 1.807) is 0 Å². The number of ether oxygens (including phenoxy) is 1. The van der Waals surface area contributed by atoms with Crippen molar-refractivity contribution in [3.63, 3.8) is 0 Å². The lowest BCUT2D eigenvalue weighted by molar-refractivity contribution is -0.117. The Kier molecular flexibility index (Phi) is 6.73. The number of anilines is 1. The van der Waals surface area contributed by atoms with Crippen molar-refractivity contribution in [1.29, 1.82) is 0 Å². The van der Waals surface area contributed by atoms with Crippen LogP contribution in [-0.2, 0) is 9.53 Å². The molecule has 2 N–H and O–H groups in total. The predicted octanol–water partition coefficient (Wildman–Crippen LogP) is 2.66. The van der Waals surface area contributed by atoms with Crippen molar-refractivity contribution < 1.29 is 23.4 Å². The number of benzene rings is 2. The van der Waals surface area contributed by atoms with Crippen LogP contribution in [0.2, 0.25) is 0 Å². The number of aliphatic hydroxyl groups is 1. The van der Waals surface area contributed by atoms with E-state index in [2.05, 4.69) is 10.2 Å². The molecule has 0 aliphatic carbocycles. The van der Waals surface area contributed by atoms with Gasteiger partial charge in [0, 0.05) is 30.4 Å². The molecule has 2 aromatic carbocycles. The van der Waals surface area contributed by atoms with Crippen LogP contribution in [0, 0.1) is 11.6 Å². The largest absolute Gasteiger partial charge is 0.394 e. The van der Waals surface area contributed by atoms with E-state index in [0.717, 1.165) is 36.5 Å². The maximum atomic E-state index is 13.7. The Morgan fingerprint density at radius 3 is 2.71 bits per heavy atom. The molecule has 2 aromatic rings. The number of hydrogen-bond donors (Lipinski definition) is 2. The van der Waals surface area contributed by atoms with Gasteiger partial charge in [-0.3, -0.25) is 4.79 Å². The first-order chi connectivity index (χ1) is 13.6. The Hall–Kier alpha value is -2.77. The van der Waals surface area contributed by atoms with Crippen molar-refractivity contribution in [3.8, 4) is 0 Å². The minimum Gasteiger partial charge on any atom is -0.394 e. The van der Waals surface area contributed by atoms with E-state index in [0.29, 0.717) is 13.2 Å². The van der Waals surface area contributed by atoms with Gasteiger partial charge in [0.25, 0.3) is 0 Å². The molecule has 0 saturated carbocycles. The molecule has 7 heteroatoms. The van der Waals surface area contributed by atoms with Crippen LogP contribution in [0.4, 0.5) is 14.5 Å². The third kappa shape index (κ3) is 4.94. The summed E-state index contributed by atoms with van der Waals surface area (Å²) in [5.41, 5.74) is 1.72. The molecule has 1 aliphatic heterocycles. The summed E-state index contributed by atoms with van der Waals surface area (Å²) in [4.78, 5) is 14.4. The highest BCUT2D eigenvalue weighted by atomic mass is 19.2. The second-order valence-corrected chi connectivity index (χ2v) is 6.41. The number of morpholine rings is 1. The number of aliphatic hydroxyl groups excluding tert-OH is 1. The molecule has 28 heavy (non-hydrogen) atoms. The van der Waals surface area contributed by atoms with E-state index < -0.39 is 23.6 Å². The lowest BCUT2D eigenvalue weighted by Crippen LogP contribution is -2.36. The molecule has 5 nitrogen and oxygen atoms in total. The lowest BCUT2D eigenvalue weighted by Gasteiger charge is -2.29. The topological polar surface area (TPSA) is 61.8 Å². The van der Waals surface area contributed by atoms with Crippen LogP contribution < -0.4 is 10.2 Å². The smallest absolute Gasteiger partial charge is 0.244 e. The Balaban J connectivity index is 1.69. The Morgan fingerprint density at radius 2 is 1.96 bits per heavy atom. The van der Waals surface area contributed by atoms with Gasteiger partial charge in [0.1, 0.15) is 0 Å². The average Bonchev–Trinajstić information content (AvgIpc) is 2.74. The first-order valence-corrected chi connectivity index (χ1v) is 9.04. The van der Waals surface area contributed by atoms with Crippen molar-refractivity contribution >= 4 is 17.7 Å². The standard InChI is InChI=1S/C21H22F2N2O3/c22-18-6-2-3-15(21(18)23)7-8-20(27)24-19(14-26)16-4-1-5-17(13-16)25-9-11-28-12-10-25/h1-8,13,19,26H,9-12,14H2,(H,24,27)/t19-/m1/s1. The van der Waals surface area contributed by atoms with Crippen LogP contribution in [-0.4, -0.2) is 43.9 Å². The van der Waals surface area contributed by atoms with E-state index in [9.17, 15) is 18.7 Å². The highest BCUT2D eigenvalue weighted by Crippen LogP contribution is 2.22. The van der Waals surface area contributed by atoms with E-state index >= 15 is 0 Å². The molecule has 0 spiro atoms. The maximum Gasteiger partial charge on any atom is 0.244 e. The van der Waals surface area contributed by atoms with Crippen molar-refractivity contribution in [3.05, 3.63) is 71.3 Å². The SMILES string of the molecule is O=C(C=Cc1cccc(F)c1F)N[C@H](CO)c1cccc(N2CCOCC2)c1. The average molecular weight is 388 g/mol. The molecular formula is C21H22F2N2O3. The molecule has 0 radical (unpaired) electrons. The molecular weight excluding hydrogens is 366 g/mol. The molecule has 0 unspecified atom stereocenters. The molecule has 1 atom stereocenters. The van der Waals surface area contributed by atoms with Crippen molar-refractivity contribution in [2.75, 3.05) is 37.8 Å². The molecule has 0 bridgehead atoms. The zero-order chi connectivity index (χ0) is 19.9. The van der Waals surface area contributed by atoms with Crippen molar-refractivity contribution in [2.45, 2.75) is 6.04 Å². The van der Waals surface area contributed by atoms with Gasteiger partial charge in [0.05, 0.1) is 25.9 Å². The summed E-state index contributed by atoms with van der Waals surface area (Å²) in [5, 5.41) is 12.4. The quantitative estimate of drug-likeness (QED) is 0.747. The lowest BCUT2D eigenvalue weighted by atomic mass is 10.1. The highest BCUT2D eigenvalue weighted by Gasteiger charge is 2.16. The van der Waals surface area contributed by atoms with Gasteiger partial charge < -0.3 is 20.1 Å². The summed E-state index contributed by atoms with van der Waals surface area (Å²) in [6, 6.07) is 10.7. The van der Waals surface area contributed by atoms with Crippen LogP contribution in [0.5, 0.6) is 0 Å². The summed E-state index contributed by atoms with van der Waals surface area (Å²) < 4.78 is 32.2. The summed E-state index contributed by atoms with van der Waals surface area (Å²) in [6.07, 6.45) is 2.32. The number of halogens is 2. The third-order valence-corrected chi connectivity index (χ3v) is 4.54. The molecule has 1 fully saturated rings. The number of carbonyl (C=O) groups is 1. The normalized spacial score (nSPS) is 15.6. The second kappa shape index (κ2) is 9.43. The molecule has 1 saturated heterocycles. The zero-order valence-electron chi connectivity index (χ0n) is 15.3. The van der Waals surface area contributed by atoms with Gasteiger partial charge in [-0.15, -0.1) is 0 Å². The number of hydrogen-bond acceptors (Lipinski definition) is 4. The fraction of sp³-hybridized carbons (Fsp3) is 0.286. The van der Waals surface area contributed by atoms with E-state index in [-0.39, 0.29) is 12.2 Å². The van der Waals surface area contributed by atoms with Gasteiger partial charge in [0.15, 0.2) is 11.6 Å².